The molecule has 8 heteroatoms. The summed E-state index contributed by atoms with van der Waals surface area (Å²) in [6.07, 6.45) is 1.39. The summed E-state index contributed by atoms with van der Waals surface area (Å²) in [6.45, 7) is 8.19. The molecule has 0 aromatic rings. The first kappa shape index (κ1) is 20.1. The topological polar surface area (TPSA) is 95.1 Å². The molecule has 0 bridgehead atoms. The fourth-order valence-corrected chi connectivity index (χ4v) is 2.54. The lowest BCUT2D eigenvalue weighted by Gasteiger charge is -2.32. The molecule has 0 saturated carbocycles. The van der Waals surface area contributed by atoms with Gasteiger partial charge < -0.3 is 25.6 Å². The van der Waals surface area contributed by atoms with E-state index in [4.69, 9.17) is 4.74 Å². The molecule has 0 spiro atoms. The lowest BCUT2D eigenvalue weighted by molar-refractivity contribution is -0.128. The Morgan fingerprint density at radius 3 is 2.42 bits per heavy atom. The number of likely N-dealkylation sites (tertiary alicyclic amines) is 1. The molecule has 8 nitrogen and oxygen atoms in total. The summed E-state index contributed by atoms with van der Waals surface area (Å²) in [5.74, 6) is 0.666. The monoisotopic (exact) mass is 341 g/mol. The van der Waals surface area contributed by atoms with Crippen LogP contribution < -0.4 is 16.0 Å². The van der Waals surface area contributed by atoms with E-state index in [1.165, 1.54) is 7.11 Å². The number of carbonyl (C=O) groups is 2. The number of hydrogen-bond acceptors (Lipinski definition) is 4. The van der Waals surface area contributed by atoms with Crippen LogP contribution in [0.5, 0.6) is 0 Å². The van der Waals surface area contributed by atoms with Crippen LogP contribution in [-0.4, -0.2) is 69.2 Å². The van der Waals surface area contributed by atoms with Gasteiger partial charge in [0.2, 0.25) is 5.91 Å². The summed E-state index contributed by atoms with van der Waals surface area (Å²) in [7, 11) is 3.03. The van der Waals surface area contributed by atoms with Gasteiger partial charge in [0.05, 0.1) is 19.1 Å². The third kappa shape index (κ3) is 5.90. The fourth-order valence-electron chi connectivity index (χ4n) is 2.54. The van der Waals surface area contributed by atoms with E-state index >= 15 is 0 Å². The van der Waals surface area contributed by atoms with E-state index in [-0.39, 0.29) is 18.0 Å². The normalized spacial score (nSPS) is 16.5. The van der Waals surface area contributed by atoms with E-state index < -0.39 is 5.41 Å². The Balaban J connectivity index is 2.59. The Labute approximate surface area is 144 Å². The number of guanidine groups is 1. The van der Waals surface area contributed by atoms with Gasteiger partial charge in [-0.25, -0.2) is 4.79 Å². The molecule has 3 N–H and O–H groups in total. The first-order chi connectivity index (χ1) is 11.3. The highest BCUT2D eigenvalue weighted by atomic mass is 16.5. The molecule has 0 radical (unpaired) electrons. The van der Waals surface area contributed by atoms with Gasteiger partial charge >= 0.3 is 6.09 Å². The van der Waals surface area contributed by atoms with Gasteiger partial charge in [-0.15, -0.1) is 0 Å². The highest BCUT2D eigenvalue weighted by molar-refractivity contribution is 5.83. The number of rotatable bonds is 5. The SMILES string of the molecule is CCNC(=NCC(C)(C)C(=O)NC)NC1CCN(C(=O)OC)CC1. The third-order valence-electron chi connectivity index (χ3n) is 4.09. The number of piperidine rings is 1. The molecule has 0 aromatic heterocycles. The molecule has 0 aliphatic carbocycles. The number of carbonyl (C=O) groups excluding carboxylic acids is 2. The van der Waals surface area contributed by atoms with Gasteiger partial charge in [0, 0.05) is 32.7 Å². The van der Waals surface area contributed by atoms with Crippen LogP contribution >= 0.6 is 0 Å². The zero-order valence-electron chi connectivity index (χ0n) is 15.4. The van der Waals surface area contributed by atoms with Crippen molar-refractivity contribution in [2.75, 3.05) is 40.3 Å². The standard InChI is InChI=1S/C16H31N5O3/c1-6-18-14(19-11-16(2,3)13(22)17-4)20-12-7-9-21(10-8-12)15(23)24-5/h12H,6-11H2,1-5H3,(H,17,22)(H2,18,19,20). The van der Waals surface area contributed by atoms with Crippen LogP contribution in [0, 0.1) is 5.41 Å². The van der Waals surface area contributed by atoms with Crippen molar-refractivity contribution < 1.29 is 14.3 Å². The summed E-state index contributed by atoms with van der Waals surface area (Å²) >= 11 is 0. The van der Waals surface area contributed by atoms with Crippen molar-refractivity contribution >= 4 is 18.0 Å². The van der Waals surface area contributed by atoms with Gasteiger partial charge in [0.15, 0.2) is 5.96 Å². The Morgan fingerprint density at radius 2 is 1.92 bits per heavy atom. The second-order valence-corrected chi connectivity index (χ2v) is 6.53. The molecule has 0 aromatic carbocycles. The molecular formula is C16H31N5O3. The van der Waals surface area contributed by atoms with E-state index in [1.54, 1.807) is 11.9 Å². The Kier molecular flexibility index (Phi) is 7.81. The number of nitrogens with zero attached hydrogens (tertiary/aromatic N) is 2. The smallest absolute Gasteiger partial charge is 0.409 e. The van der Waals surface area contributed by atoms with E-state index in [0.717, 1.165) is 19.4 Å². The number of amides is 2. The number of methoxy groups -OCH3 is 1. The maximum absolute atomic E-state index is 11.9. The van der Waals surface area contributed by atoms with Crippen molar-refractivity contribution in [3.05, 3.63) is 0 Å². The molecule has 138 valence electrons. The first-order valence-electron chi connectivity index (χ1n) is 8.44. The highest BCUT2D eigenvalue weighted by Gasteiger charge is 2.27. The molecule has 1 aliphatic heterocycles. The average Bonchev–Trinajstić information content (AvgIpc) is 2.59. The van der Waals surface area contributed by atoms with Crippen LogP contribution in [0.25, 0.3) is 0 Å². The largest absolute Gasteiger partial charge is 0.453 e. The molecule has 1 heterocycles. The van der Waals surface area contributed by atoms with Crippen molar-refractivity contribution in [3.63, 3.8) is 0 Å². The van der Waals surface area contributed by atoms with Crippen molar-refractivity contribution in [2.45, 2.75) is 39.7 Å². The molecule has 2 amide bonds. The maximum atomic E-state index is 11.9. The minimum Gasteiger partial charge on any atom is -0.453 e. The van der Waals surface area contributed by atoms with Crippen LogP contribution in [-0.2, 0) is 9.53 Å². The van der Waals surface area contributed by atoms with Gasteiger partial charge in [0.25, 0.3) is 0 Å². The maximum Gasteiger partial charge on any atom is 0.409 e. The number of nitrogens with one attached hydrogen (secondary N) is 3. The second-order valence-electron chi connectivity index (χ2n) is 6.53. The van der Waals surface area contributed by atoms with Crippen LogP contribution in [0.1, 0.15) is 33.6 Å². The number of aliphatic imine (C=N–C) groups is 1. The van der Waals surface area contributed by atoms with E-state index in [1.807, 2.05) is 20.8 Å². The van der Waals surface area contributed by atoms with Crippen molar-refractivity contribution in [2.24, 2.45) is 10.4 Å². The van der Waals surface area contributed by atoms with Crippen LogP contribution in [0.3, 0.4) is 0 Å². The predicted octanol–water partition coefficient (Wildman–Crippen LogP) is 0.545. The molecule has 1 aliphatic rings. The Bertz CT molecular complexity index is 457. The quantitative estimate of drug-likeness (QED) is 0.501. The van der Waals surface area contributed by atoms with E-state index in [9.17, 15) is 9.59 Å². The molecule has 0 atom stereocenters. The average molecular weight is 341 g/mol. The summed E-state index contributed by atoms with van der Waals surface area (Å²) in [5, 5.41) is 9.26. The second kappa shape index (κ2) is 9.34. The fraction of sp³-hybridized carbons (Fsp3) is 0.812. The minimum atomic E-state index is -0.564. The summed E-state index contributed by atoms with van der Waals surface area (Å²) in [6, 6.07) is 0.242. The molecule has 1 saturated heterocycles. The van der Waals surface area contributed by atoms with Crippen LogP contribution in [0.2, 0.25) is 0 Å². The van der Waals surface area contributed by atoms with Crippen molar-refractivity contribution in [1.82, 2.24) is 20.9 Å². The minimum absolute atomic E-state index is 0.0338. The first-order valence-corrected chi connectivity index (χ1v) is 8.44. The number of hydrogen-bond donors (Lipinski definition) is 3. The molecule has 24 heavy (non-hydrogen) atoms. The van der Waals surface area contributed by atoms with Gasteiger partial charge in [-0.3, -0.25) is 9.79 Å². The summed E-state index contributed by atoms with van der Waals surface area (Å²) < 4.78 is 4.75. The van der Waals surface area contributed by atoms with Crippen LogP contribution in [0.4, 0.5) is 4.79 Å². The molecule has 0 unspecified atom stereocenters. The van der Waals surface area contributed by atoms with Gasteiger partial charge in [-0.05, 0) is 33.6 Å². The Hall–Kier alpha value is -1.99. The van der Waals surface area contributed by atoms with Crippen LogP contribution in [0.15, 0.2) is 4.99 Å². The molecule has 1 fully saturated rings. The number of ether oxygens (including phenoxy) is 1. The van der Waals surface area contributed by atoms with Gasteiger partial charge in [-0.2, -0.15) is 0 Å². The zero-order valence-corrected chi connectivity index (χ0v) is 15.4. The predicted molar refractivity (Wildman–Crippen MR) is 94.0 cm³/mol. The van der Waals surface area contributed by atoms with Gasteiger partial charge in [-0.1, -0.05) is 0 Å². The highest BCUT2D eigenvalue weighted by Crippen LogP contribution is 2.15. The summed E-state index contributed by atoms with van der Waals surface area (Å²) in [4.78, 5) is 29.6. The summed E-state index contributed by atoms with van der Waals surface area (Å²) in [5.41, 5.74) is -0.564. The third-order valence-corrected chi connectivity index (χ3v) is 4.09. The lowest BCUT2D eigenvalue weighted by atomic mass is 9.93. The van der Waals surface area contributed by atoms with Crippen molar-refractivity contribution in [3.8, 4) is 0 Å². The van der Waals surface area contributed by atoms with E-state index in [2.05, 4.69) is 20.9 Å². The molecular weight excluding hydrogens is 310 g/mol. The Morgan fingerprint density at radius 1 is 1.29 bits per heavy atom. The van der Waals surface area contributed by atoms with E-state index in [0.29, 0.717) is 25.6 Å². The van der Waals surface area contributed by atoms with Gasteiger partial charge in [0.1, 0.15) is 0 Å². The zero-order chi connectivity index (χ0) is 18.2. The van der Waals surface area contributed by atoms with Crippen molar-refractivity contribution in [1.29, 1.82) is 0 Å². The lowest BCUT2D eigenvalue weighted by Crippen LogP contribution is -2.50. The molecule has 1 rings (SSSR count).